The Hall–Kier alpha value is -2.99. The number of aliphatic hydroxyl groups is 5. The Kier molecular flexibility index (Phi) is 16.4. The van der Waals surface area contributed by atoms with Crippen molar-refractivity contribution in [2.75, 3.05) is 25.5 Å². The molecule has 242 valence electrons. The molecule has 4 atom stereocenters. The second-order valence-corrected chi connectivity index (χ2v) is 11.4. The Morgan fingerprint density at radius 3 is 2.25 bits per heavy atom. The van der Waals surface area contributed by atoms with E-state index in [1.165, 1.54) is 12.8 Å². The number of fused-ring (bicyclic) bond motifs is 1. The summed E-state index contributed by atoms with van der Waals surface area (Å²) in [7, 11) is 1.57. The van der Waals surface area contributed by atoms with Crippen molar-refractivity contribution in [3.63, 3.8) is 0 Å². The second kappa shape index (κ2) is 19.4. The van der Waals surface area contributed by atoms with Crippen LogP contribution in [0.15, 0.2) is 52.7 Å². The number of azo groups is 1. The molecule has 0 saturated heterocycles. The fourth-order valence-corrected chi connectivity index (χ4v) is 4.58. The number of halogens is 1. The molecule has 9 N–H and O–H groups in total. The summed E-state index contributed by atoms with van der Waals surface area (Å²) in [5, 5.41) is 68.8. The van der Waals surface area contributed by atoms with Gasteiger partial charge in [0.15, 0.2) is 5.69 Å². The lowest BCUT2D eigenvalue weighted by Crippen LogP contribution is -2.48. The minimum Gasteiger partial charge on any atom is -0.493 e. The number of H-pyrrole nitrogens is 1. The van der Waals surface area contributed by atoms with Crippen molar-refractivity contribution in [3.05, 3.63) is 51.6 Å². The first-order chi connectivity index (χ1) is 21.0. The molecule has 13 nitrogen and oxygen atoms in total. The Morgan fingerprint density at radius 2 is 1.61 bits per heavy atom. The number of rotatable bonds is 15. The van der Waals surface area contributed by atoms with Gasteiger partial charge in [-0.05, 0) is 78.5 Å². The maximum Gasteiger partial charge on any atom is 0.295 e. The number of nitrogens with zero attached hydrogens (tertiary/aromatic N) is 2. The van der Waals surface area contributed by atoms with Gasteiger partial charge in [0.05, 0.1) is 18.2 Å². The zero-order valence-electron chi connectivity index (χ0n) is 24.8. The van der Waals surface area contributed by atoms with Crippen LogP contribution in [0.2, 0.25) is 0 Å². The maximum absolute atomic E-state index is 12.4. The highest BCUT2D eigenvalue weighted by atomic mass is 127. The molecule has 0 aliphatic heterocycles. The van der Waals surface area contributed by atoms with E-state index < -0.39 is 36.9 Å². The molecule has 3 aromatic rings. The van der Waals surface area contributed by atoms with Crippen LogP contribution in [-0.2, 0) is 4.79 Å². The molecule has 14 heteroatoms. The van der Waals surface area contributed by atoms with Crippen LogP contribution in [-0.4, -0.2) is 92.1 Å². The number of aromatic amines is 1. The Labute approximate surface area is 269 Å². The summed E-state index contributed by atoms with van der Waals surface area (Å²) in [6.07, 6.45) is 0.321. The highest BCUT2D eigenvalue weighted by Gasteiger charge is 2.29. The topological polar surface area (TPSA) is 220 Å². The van der Waals surface area contributed by atoms with Crippen LogP contribution in [0.3, 0.4) is 0 Å². The lowest BCUT2D eigenvalue weighted by atomic mass is 10.0. The molecule has 44 heavy (non-hydrogen) atoms. The van der Waals surface area contributed by atoms with E-state index in [0.717, 1.165) is 22.8 Å². The zero-order chi connectivity index (χ0) is 32.6. The average molecular weight is 728 g/mol. The van der Waals surface area contributed by atoms with Crippen molar-refractivity contribution in [3.8, 4) is 5.88 Å². The van der Waals surface area contributed by atoms with Crippen molar-refractivity contribution in [2.45, 2.75) is 69.9 Å². The normalized spacial score (nSPS) is 14.1. The number of hydrogen-bond donors (Lipinski definition) is 9. The SMILES string of the molecule is CCCCCCCC(=O)Nc1ccc(C(=O)N=Nc2c(O)[nH]c3ccc(I)cc23)cc1.CNC[C@H](O)[C@@H](O)[C@H](O)[C@H](O)CO. The Balaban J connectivity index is 0.000000439. The number of likely N-dealkylation sites (N-methyl/N-ethyl adjacent to an activating group) is 1. The van der Waals surface area contributed by atoms with Crippen LogP contribution in [0.4, 0.5) is 11.4 Å². The van der Waals surface area contributed by atoms with Crippen LogP contribution >= 0.6 is 22.6 Å². The van der Waals surface area contributed by atoms with Crippen molar-refractivity contribution < 1.29 is 40.2 Å². The Bertz CT molecular complexity index is 1350. The van der Waals surface area contributed by atoms with Gasteiger partial charge in [0.1, 0.15) is 18.3 Å². The molecule has 0 unspecified atom stereocenters. The quantitative estimate of drug-likeness (QED) is 0.0636. The van der Waals surface area contributed by atoms with Crippen LogP contribution in [0.5, 0.6) is 5.88 Å². The van der Waals surface area contributed by atoms with Gasteiger partial charge in [-0.15, -0.1) is 10.2 Å². The van der Waals surface area contributed by atoms with E-state index in [0.29, 0.717) is 28.6 Å². The number of carbonyl (C=O) groups is 2. The number of carbonyl (C=O) groups excluding carboxylic acids is 2. The van der Waals surface area contributed by atoms with E-state index in [2.05, 4.69) is 55.4 Å². The summed E-state index contributed by atoms with van der Waals surface area (Å²) in [4.78, 5) is 27.2. The van der Waals surface area contributed by atoms with Gasteiger partial charge in [-0.25, -0.2) is 0 Å². The molecule has 2 amide bonds. The fourth-order valence-electron chi connectivity index (χ4n) is 4.09. The van der Waals surface area contributed by atoms with Crippen LogP contribution in [0.25, 0.3) is 10.9 Å². The molecule has 0 fully saturated rings. The van der Waals surface area contributed by atoms with Crippen molar-refractivity contribution >= 4 is 56.7 Å². The van der Waals surface area contributed by atoms with E-state index in [-0.39, 0.29) is 24.0 Å². The van der Waals surface area contributed by atoms with Crippen molar-refractivity contribution in [1.29, 1.82) is 0 Å². The van der Waals surface area contributed by atoms with Gasteiger partial charge in [0.25, 0.3) is 5.91 Å². The smallest absolute Gasteiger partial charge is 0.295 e. The second-order valence-electron chi connectivity index (χ2n) is 10.2. The molecule has 2 aromatic carbocycles. The molecular weight excluding hydrogens is 685 g/mol. The van der Waals surface area contributed by atoms with Crippen LogP contribution in [0, 0.1) is 3.57 Å². The van der Waals surface area contributed by atoms with Crippen molar-refractivity contribution in [1.82, 2.24) is 10.3 Å². The third kappa shape index (κ3) is 11.8. The minimum absolute atomic E-state index is 0.0281. The predicted octanol–water partition coefficient (Wildman–Crippen LogP) is 3.34. The van der Waals surface area contributed by atoms with E-state index in [1.807, 2.05) is 18.2 Å². The van der Waals surface area contributed by atoms with Gasteiger partial charge in [-0.2, -0.15) is 0 Å². The fraction of sp³-hybridized carbons (Fsp3) is 0.467. The molecular formula is C30H42IN5O8. The first kappa shape index (κ1) is 37.2. The van der Waals surface area contributed by atoms with Crippen LogP contribution in [0.1, 0.15) is 55.8 Å². The van der Waals surface area contributed by atoms with E-state index >= 15 is 0 Å². The summed E-state index contributed by atoms with van der Waals surface area (Å²) >= 11 is 2.16. The molecule has 1 heterocycles. The number of aromatic nitrogens is 1. The first-order valence-electron chi connectivity index (χ1n) is 14.4. The van der Waals surface area contributed by atoms with E-state index in [9.17, 15) is 19.8 Å². The van der Waals surface area contributed by atoms with Gasteiger partial charge >= 0.3 is 0 Å². The summed E-state index contributed by atoms with van der Waals surface area (Å²) in [6, 6.07) is 12.1. The Morgan fingerprint density at radius 1 is 0.955 bits per heavy atom. The predicted molar refractivity (Wildman–Crippen MR) is 175 cm³/mol. The number of aliphatic hydroxyl groups excluding tert-OH is 5. The number of unbranched alkanes of at least 4 members (excludes halogenated alkanes) is 4. The molecule has 0 spiro atoms. The highest BCUT2D eigenvalue weighted by Crippen LogP contribution is 2.36. The lowest BCUT2D eigenvalue weighted by molar-refractivity contribution is -0.116. The number of aromatic hydroxyl groups is 1. The van der Waals surface area contributed by atoms with Crippen molar-refractivity contribution in [2.24, 2.45) is 10.2 Å². The van der Waals surface area contributed by atoms with Gasteiger partial charge < -0.3 is 46.3 Å². The summed E-state index contributed by atoms with van der Waals surface area (Å²) < 4.78 is 0.977. The molecule has 0 aliphatic carbocycles. The van der Waals surface area contributed by atoms with Crippen LogP contribution < -0.4 is 10.6 Å². The molecule has 0 radical (unpaired) electrons. The number of anilines is 1. The zero-order valence-corrected chi connectivity index (χ0v) is 26.9. The number of hydrogen-bond acceptors (Lipinski definition) is 10. The summed E-state index contributed by atoms with van der Waals surface area (Å²) in [6.45, 7) is 1.59. The minimum atomic E-state index is -1.55. The lowest BCUT2D eigenvalue weighted by Gasteiger charge is -2.25. The number of benzene rings is 2. The summed E-state index contributed by atoms with van der Waals surface area (Å²) in [5.41, 5.74) is 1.92. The highest BCUT2D eigenvalue weighted by molar-refractivity contribution is 14.1. The monoisotopic (exact) mass is 727 g/mol. The van der Waals surface area contributed by atoms with E-state index in [4.69, 9.17) is 20.4 Å². The largest absolute Gasteiger partial charge is 0.493 e. The van der Waals surface area contributed by atoms with Gasteiger partial charge in [0, 0.05) is 33.2 Å². The molecule has 1 aromatic heterocycles. The average Bonchev–Trinajstić information content (AvgIpc) is 3.32. The van der Waals surface area contributed by atoms with Gasteiger partial charge in [-0.3, -0.25) is 9.59 Å². The first-order valence-corrected chi connectivity index (χ1v) is 15.4. The third-order valence-electron chi connectivity index (χ3n) is 6.62. The summed E-state index contributed by atoms with van der Waals surface area (Å²) in [5.74, 6) is -0.700. The van der Waals surface area contributed by atoms with Gasteiger partial charge in [-0.1, -0.05) is 32.6 Å². The maximum atomic E-state index is 12.4. The third-order valence-corrected chi connectivity index (χ3v) is 7.29. The standard InChI is InChI=1S/C23H25IN4O3.C7H17NO5/c1-2-3-4-5-6-7-20(29)25-17-11-8-15(9-12-17)22(30)28-27-21-18-14-16(24)10-13-19(18)26-23(21)31;1-8-2-4(10)6(12)7(13)5(11)3-9/h8-14,26,31H,2-7H2,1H3,(H,25,29);4-13H,2-3H2,1H3/t;4-,5+,6+,7+/m.0/s1. The van der Waals surface area contributed by atoms with E-state index in [1.54, 1.807) is 31.3 Å². The molecule has 0 bridgehead atoms. The molecule has 0 saturated carbocycles. The van der Waals surface area contributed by atoms with Gasteiger partial charge in [0.2, 0.25) is 11.8 Å². The molecule has 3 rings (SSSR count). The number of nitrogens with one attached hydrogen (secondary N) is 3. The molecule has 0 aliphatic rings. The number of amides is 2.